The topological polar surface area (TPSA) is 74.3 Å². The van der Waals surface area contributed by atoms with Gasteiger partial charge in [0.05, 0.1) is 5.02 Å². The second-order valence-electron chi connectivity index (χ2n) is 7.47. The summed E-state index contributed by atoms with van der Waals surface area (Å²) in [5, 5.41) is 14.1. The molecular weight excluding hydrogens is 431 g/mol. The maximum Gasteiger partial charge on any atom is 0.321 e. The summed E-state index contributed by atoms with van der Waals surface area (Å²) in [6, 6.07) is 18.8. The summed E-state index contributed by atoms with van der Waals surface area (Å²) in [4.78, 5) is 15.0. The molecule has 3 aromatic carbocycles. The van der Waals surface area contributed by atoms with E-state index in [1.54, 1.807) is 24.3 Å². The van der Waals surface area contributed by atoms with Gasteiger partial charge in [-0.15, -0.1) is 0 Å². The predicted molar refractivity (Wildman–Crippen MR) is 122 cm³/mol. The van der Waals surface area contributed by atoms with Crippen molar-refractivity contribution in [1.82, 2.24) is 10.3 Å². The Hall–Kier alpha value is -3.35. The van der Waals surface area contributed by atoms with Gasteiger partial charge in [-0.1, -0.05) is 48.0 Å². The zero-order valence-corrected chi connectivity index (χ0v) is 17.9. The van der Waals surface area contributed by atoms with Crippen LogP contribution in [0.3, 0.4) is 0 Å². The summed E-state index contributed by atoms with van der Waals surface area (Å²) in [6.45, 7) is 0.345. The lowest BCUT2D eigenvalue weighted by Gasteiger charge is -2.15. The van der Waals surface area contributed by atoms with Crippen LogP contribution in [0.2, 0.25) is 5.02 Å². The van der Waals surface area contributed by atoms with E-state index in [2.05, 4.69) is 10.3 Å². The van der Waals surface area contributed by atoms with E-state index in [0.717, 1.165) is 22.0 Å². The number of benzene rings is 3. The lowest BCUT2D eigenvalue weighted by molar-refractivity contribution is -0.139. The lowest BCUT2D eigenvalue weighted by atomic mass is 10.0. The molecule has 0 spiro atoms. The van der Waals surface area contributed by atoms with Gasteiger partial charge in [-0.05, 0) is 41.5 Å². The number of carboxylic acids is 1. The van der Waals surface area contributed by atoms with Crippen LogP contribution < -0.4 is 10.1 Å². The summed E-state index contributed by atoms with van der Waals surface area (Å²) in [6.07, 6.45) is 2.20. The number of fused-ring (bicyclic) bond motifs is 1. The molecule has 164 valence electrons. The Morgan fingerprint density at radius 3 is 2.75 bits per heavy atom. The first-order valence-electron chi connectivity index (χ1n) is 10.2. The molecule has 4 rings (SSSR count). The number of H-pyrrole nitrogens is 1. The van der Waals surface area contributed by atoms with E-state index in [0.29, 0.717) is 29.3 Å². The van der Waals surface area contributed by atoms with Crippen molar-refractivity contribution in [3.8, 4) is 5.75 Å². The molecule has 0 bridgehead atoms. The van der Waals surface area contributed by atoms with Crippen molar-refractivity contribution in [2.24, 2.45) is 0 Å². The molecule has 0 unspecified atom stereocenters. The fourth-order valence-corrected chi connectivity index (χ4v) is 3.80. The summed E-state index contributed by atoms with van der Waals surface area (Å²) in [5.41, 5.74) is 3.07. The van der Waals surface area contributed by atoms with E-state index >= 15 is 0 Å². The fraction of sp³-hybridized carbons (Fsp3) is 0.160. The van der Waals surface area contributed by atoms with Gasteiger partial charge >= 0.3 is 5.97 Å². The van der Waals surface area contributed by atoms with Crippen LogP contribution in [-0.2, 0) is 24.4 Å². The molecule has 32 heavy (non-hydrogen) atoms. The van der Waals surface area contributed by atoms with Gasteiger partial charge in [-0.3, -0.25) is 4.79 Å². The number of hydrogen-bond acceptors (Lipinski definition) is 3. The van der Waals surface area contributed by atoms with Gasteiger partial charge in [-0.2, -0.15) is 0 Å². The monoisotopic (exact) mass is 452 g/mol. The van der Waals surface area contributed by atoms with E-state index in [-0.39, 0.29) is 6.61 Å². The normalized spacial score (nSPS) is 12.1. The highest BCUT2D eigenvalue weighted by atomic mass is 35.5. The van der Waals surface area contributed by atoms with Crippen molar-refractivity contribution in [3.63, 3.8) is 0 Å². The number of carbonyl (C=O) groups is 1. The van der Waals surface area contributed by atoms with Crippen LogP contribution in [0.25, 0.3) is 10.9 Å². The number of aromatic amines is 1. The SMILES string of the molecule is O=C(O)[C@H](Cc1c[nH]c2ccccc12)NCc1cccc(OCc2c(F)cccc2Cl)c1. The minimum absolute atomic E-state index is 0.000698. The zero-order chi connectivity index (χ0) is 22.5. The minimum Gasteiger partial charge on any atom is -0.489 e. The molecule has 1 heterocycles. The number of halogens is 2. The number of ether oxygens (including phenoxy) is 1. The van der Waals surface area contributed by atoms with Gasteiger partial charge in [0.2, 0.25) is 0 Å². The molecule has 0 saturated carbocycles. The zero-order valence-electron chi connectivity index (χ0n) is 17.1. The molecule has 1 atom stereocenters. The van der Waals surface area contributed by atoms with E-state index in [9.17, 15) is 14.3 Å². The Labute approximate surface area is 189 Å². The van der Waals surface area contributed by atoms with Crippen LogP contribution in [-0.4, -0.2) is 22.1 Å². The number of hydrogen-bond donors (Lipinski definition) is 3. The van der Waals surface area contributed by atoms with E-state index in [4.69, 9.17) is 16.3 Å². The first kappa shape index (κ1) is 21.9. The Bertz CT molecular complexity index is 1220. The highest BCUT2D eigenvalue weighted by molar-refractivity contribution is 6.31. The van der Waals surface area contributed by atoms with Gasteiger partial charge < -0.3 is 20.1 Å². The number of rotatable bonds is 9. The highest BCUT2D eigenvalue weighted by Crippen LogP contribution is 2.23. The summed E-state index contributed by atoms with van der Waals surface area (Å²) in [7, 11) is 0. The third-order valence-electron chi connectivity index (χ3n) is 5.29. The number of aromatic nitrogens is 1. The lowest BCUT2D eigenvalue weighted by Crippen LogP contribution is -2.38. The second kappa shape index (κ2) is 9.85. The maximum absolute atomic E-state index is 13.9. The van der Waals surface area contributed by atoms with Crippen molar-refractivity contribution in [2.45, 2.75) is 25.6 Å². The predicted octanol–water partition coefficient (Wildman–Crippen LogP) is 5.32. The Kier molecular flexibility index (Phi) is 6.73. The molecule has 4 aromatic rings. The van der Waals surface area contributed by atoms with Gasteiger partial charge in [-0.25, -0.2) is 4.39 Å². The average molecular weight is 453 g/mol. The number of nitrogens with one attached hydrogen (secondary N) is 2. The average Bonchev–Trinajstić information content (AvgIpc) is 3.19. The fourth-order valence-electron chi connectivity index (χ4n) is 3.58. The van der Waals surface area contributed by atoms with Crippen LogP contribution in [0, 0.1) is 5.82 Å². The third kappa shape index (κ3) is 5.10. The number of carboxylic acid groups (broad SMARTS) is 1. The molecule has 0 aliphatic rings. The first-order chi connectivity index (χ1) is 15.5. The largest absolute Gasteiger partial charge is 0.489 e. The standard InChI is InChI=1S/C25H22ClFN2O3/c26-21-8-4-9-22(27)20(21)15-32-18-6-3-5-16(11-18)13-28-24(25(30)31)12-17-14-29-23-10-2-1-7-19(17)23/h1-11,14,24,28-29H,12-13,15H2,(H,30,31)/t24-/m0/s1. The van der Waals surface area contributed by atoms with E-state index in [1.165, 1.54) is 6.07 Å². The molecule has 0 amide bonds. The summed E-state index contributed by atoms with van der Waals surface area (Å²) < 4.78 is 19.6. The van der Waals surface area contributed by atoms with Crippen molar-refractivity contribution in [2.75, 3.05) is 0 Å². The second-order valence-corrected chi connectivity index (χ2v) is 7.88. The highest BCUT2D eigenvalue weighted by Gasteiger charge is 2.19. The molecule has 0 aliphatic carbocycles. The Morgan fingerprint density at radius 2 is 1.94 bits per heavy atom. The molecule has 3 N–H and O–H groups in total. The van der Waals surface area contributed by atoms with Crippen molar-refractivity contribution in [1.29, 1.82) is 0 Å². The van der Waals surface area contributed by atoms with Gasteiger partial charge in [0.25, 0.3) is 0 Å². The van der Waals surface area contributed by atoms with E-state index in [1.807, 2.05) is 42.6 Å². The summed E-state index contributed by atoms with van der Waals surface area (Å²) in [5.74, 6) is -0.791. The number of aliphatic carboxylic acids is 1. The Balaban J connectivity index is 1.40. The van der Waals surface area contributed by atoms with Gasteiger partial charge in [0.1, 0.15) is 24.2 Å². The molecule has 0 saturated heterocycles. The number of para-hydroxylation sites is 1. The van der Waals surface area contributed by atoms with Crippen molar-refractivity contribution < 1.29 is 19.0 Å². The molecule has 0 fully saturated rings. The van der Waals surface area contributed by atoms with Crippen LogP contribution in [0.1, 0.15) is 16.7 Å². The quantitative estimate of drug-likeness (QED) is 0.321. The smallest absolute Gasteiger partial charge is 0.321 e. The van der Waals surface area contributed by atoms with Crippen LogP contribution in [0.5, 0.6) is 5.75 Å². The van der Waals surface area contributed by atoms with Crippen LogP contribution in [0.4, 0.5) is 4.39 Å². The van der Waals surface area contributed by atoms with Crippen LogP contribution >= 0.6 is 11.6 Å². The van der Waals surface area contributed by atoms with Gasteiger partial charge in [0, 0.05) is 35.6 Å². The molecule has 1 aromatic heterocycles. The molecule has 0 radical (unpaired) electrons. The van der Waals surface area contributed by atoms with Crippen molar-refractivity contribution in [3.05, 3.63) is 100 Å². The van der Waals surface area contributed by atoms with E-state index < -0.39 is 17.8 Å². The Morgan fingerprint density at radius 1 is 1.12 bits per heavy atom. The van der Waals surface area contributed by atoms with Crippen LogP contribution in [0.15, 0.2) is 72.9 Å². The summed E-state index contributed by atoms with van der Waals surface area (Å²) >= 11 is 6.05. The molecule has 0 aliphatic heterocycles. The maximum atomic E-state index is 13.9. The molecular formula is C25H22ClFN2O3. The first-order valence-corrected chi connectivity index (χ1v) is 10.5. The van der Waals surface area contributed by atoms with Crippen molar-refractivity contribution >= 4 is 28.5 Å². The molecule has 7 heteroatoms. The van der Waals surface area contributed by atoms with Gasteiger partial charge in [0.15, 0.2) is 0 Å². The minimum atomic E-state index is -0.920. The third-order valence-corrected chi connectivity index (χ3v) is 5.65. The molecule has 5 nitrogen and oxygen atoms in total.